The number of carbonyl (C=O) groups is 1. The molecule has 0 aliphatic heterocycles. The molecule has 1 aromatic carbocycles. The molecule has 0 spiro atoms. The summed E-state index contributed by atoms with van der Waals surface area (Å²) < 4.78 is 18.0. The minimum Gasteiger partial charge on any atom is -0.505 e. The van der Waals surface area contributed by atoms with Crippen LogP contribution in [-0.4, -0.2) is 23.1 Å². The third kappa shape index (κ3) is 2.79. The van der Waals surface area contributed by atoms with Crippen molar-refractivity contribution in [1.82, 2.24) is 4.98 Å². The van der Waals surface area contributed by atoms with Gasteiger partial charge in [0.05, 0.1) is 12.8 Å². The molecule has 1 amide bonds. The lowest BCUT2D eigenvalue weighted by molar-refractivity contribution is 0.101. The van der Waals surface area contributed by atoms with Gasteiger partial charge in [-0.3, -0.25) is 4.79 Å². The summed E-state index contributed by atoms with van der Waals surface area (Å²) in [7, 11) is 1.36. The Labute approximate surface area is 108 Å². The van der Waals surface area contributed by atoms with Crippen LogP contribution in [0.5, 0.6) is 11.5 Å². The van der Waals surface area contributed by atoms with Crippen LogP contribution in [0.2, 0.25) is 0 Å². The molecule has 2 aromatic rings. The van der Waals surface area contributed by atoms with Gasteiger partial charge >= 0.3 is 0 Å². The first-order chi connectivity index (χ1) is 9.11. The molecule has 1 heterocycles. The summed E-state index contributed by atoms with van der Waals surface area (Å²) in [5.41, 5.74) is 0.174. The second-order valence-corrected chi connectivity index (χ2v) is 3.67. The third-order valence-corrected chi connectivity index (χ3v) is 2.41. The fourth-order valence-electron chi connectivity index (χ4n) is 1.52. The summed E-state index contributed by atoms with van der Waals surface area (Å²) in [5.74, 6) is -1.14. The lowest BCUT2D eigenvalue weighted by Crippen LogP contribution is -2.14. The number of pyridine rings is 1. The zero-order valence-electron chi connectivity index (χ0n) is 10.1. The molecular formula is C13H11FN2O3. The van der Waals surface area contributed by atoms with Crippen molar-refractivity contribution in [2.45, 2.75) is 0 Å². The zero-order chi connectivity index (χ0) is 13.8. The first kappa shape index (κ1) is 12.8. The molecule has 0 aliphatic carbocycles. The summed E-state index contributed by atoms with van der Waals surface area (Å²) in [6.45, 7) is 0. The van der Waals surface area contributed by atoms with Crippen LogP contribution in [0.1, 0.15) is 10.5 Å². The van der Waals surface area contributed by atoms with Gasteiger partial charge in [-0.25, -0.2) is 9.37 Å². The fourth-order valence-corrected chi connectivity index (χ4v) is 1.52. The Hall–Kier alpha value is -2.63. The highest BCUT2D eigenvalue weighted by atomic mass is 19.1. The lowest BCUT2D eigenvalue weighted by atomic mass is 10.2. The molecule has 0 radical (unpaired) electrons. The van der Waals surface area contributed by atoms with E-state index in [-0.39, 0.29) is 17.2 Å². The maximum atomic E-state index is 13.0. The number of aromatic hydroxyl groups is 1. The number of carbonyl (C=O) groups excluding carboxylic acids is 1. The summed E-state index contributed by atoms with van der Waals surface area (Å²) in [4.78, 5) is 15.7. The van der Waals surface area contributed by atoms with Crippen LogP contribution in [0, 0.1) is 5.82 Å². The van der Waals surface area contributed by atoms with Crippen LogP contribution < -0.4 is 10.1 Å². The lowest BCUT2D eigenvalue weighted by Gasteiger charge is -2.10. The standard InChI is InChI=1S/C13H11FN2O3/c1-19-11-7-8(14)4-5-9(11)16-13(18)12-10(17)3-2-6-15-12/h2-7,17H,1H3,(H,16,18). The minimum atomic E-state index is -0.608. The summed E-state index contributed by atoms with van der Waals surface area (Å²) >= 11 is 0. The monoisotopic (exact) mass is 262 g/mol. The van der Waals surface area contributed by atoms with Crippen molar-refractivity contribution in [1.29, 1.82) is 0 Å². The topological polar surface area (TPSA) is 71.5 Å². The highest BCUT2D eigenvalue weighted by molar-refractivity contribution is 6.05. The van der Waals surface area contributed by atoms with Crippen molar-refractivity contribution in [2.75, 3.05) is 12.4 Å². The number of rotatable bonds is 3. The average molecular weight is 262 g/mol. The van der Waals surface area contributed by atoms with Crippen molar-refractivity contribution >= 4 is 11.6 Å². The molecule has 1 aromatic heterocycles. The fraction of sp³-hybridized carbons (Fsp3) is 0.0769. The van der Waals surface area contributed by atoms with Crippen LogP contribution in [0.15, 0.2) is 36.5 Å². The van der Waals surface area contributed by atoms with Crippen LogP contribution in [0.25, 0.3) is 0 Å². The van der Waals surface area contributed by atoms with Gasteiger partial charge in [0, 0.05) is 12.3 Å². The number of benzene rings is 1. The molecule has 6 heteroatoms. The van der Waals surface area contributed by atoms with Gasteiger partial charge in [0.25, 0.3) is 5.91 Å². The van der Waals surface area contributed by atoms with Gasteiger partial charge in [-0.2, -0.15) is 0 Å². The number of halogens is 1. The van der Waals surface area contributed by atoms with E-state index in [0.29, 0.717) is 5.69 Å². The Morgan fingerprint density at radius 2 is 2.21 bits per heavy atom. The largest absolute Gasteiger partial charge is 0.505 e. The highest BCUT2D eigenvalue weighted by Gasteiger charge is 2.14. The number of aromatic nitrogens is 1. The molecule has 0 unspecified atom stereocenters. The van der Waals surface area contributed by atoms with E-state index < -0.39 is 11.7 Å². The number of nitrogens with zero attached hydrogens (tertiary/aromatic N) is 1. The molecule has 2 rings (SSSR count). The number of hydrogen-bond donors (Lipinski definition) is 2. The predicted octanol–water partition coefficient (Wildman–Crippen LogP) is 2.19. The number of ether oxygens (including phenoxy) is 1. The van der Waals surface area contributed by atoms with Gasteiger partial charge in [0.2, 0.25) is 0 Å². The second-order valence-electron chi connectivity index (χ2n) is 3.67. The van der Waals surface area contributed by atoms with Gasteiger partial charge in [-0.1, -0.05) is 0 Å². The number of amides is 1. The van der Waals surface area contributed by atoms with Crippen LogP contribution >= 0.6 is 0 Å². The Kier molecular flexibility index (Phi) is 3.61. The first-order valence-corrected chi connectivity index (χ1v) is 5.40. The number of methoxy groups -OCH3 is 1. The van der Waals surface area contributed by atoms with Crippen molar-refractivity contribution in [3.8, 4) is 11.5 Å². The van der Waals surface area contributed by atoms with Gasteiger partial charge in [0.1, 0.15) is 17.3 Å². The Morgan fingerprint density at radius 1 is 1.42 bits per heavy atom. The van der Waals surface area contributed by atoms with Crippen molar-refractivity contribution in [3.63, 3.8) is 0 Å². The third-order valence-electron chi connectivity index (χ3n) is 2.41. The number of anilines is 1. The van der Waals surface area contributed by atoms with Gasteiger partial charge in [-0.05, 0) is 24.3 Å². The van der Waals surface area contributed by atoms with E-state index in [0.717, 1.165) is 6.07 Å². The van der Waals surface area contributed by atoms with E-state index in [1.165, 1.54) is 37.6 Å². The van der Waals surface area contributed by atoms with E-state index in [4.69, 9.17) is 4.74 Å². The molecule has 0 bridgehead atoms. The smallest absolute Gasteiger partial charge is 0.278 e. The van der Waals surface area contributed by atoms with Gasteiger partial charge in [0.15, 0.2) is 5.69 Å². The molecule has 0 aliphatic rings. The Morgan fingerprint density at radius 3 is 2.89 bits per heavy atom. The SMILES string of the molecule is COc1cc(F)ccc1NC(=O)c1ncccc1O. The van der Waals surface area contributed by atoms with Gasteiger partial charge < -0.3 is 15.2 Å². The number of nitrogens with one attached hydrogen (secondary N) is 1. The zero-order valence-corrected chi connectivity index (χ0v) is 10.1. The van der Waals surface area contributed by atoms with E-state index >= 15 is 0 Å². The number of hydrogen-bond acceptors (Lipinski definition) is 4. The summed E-state index contributed by atoms with van der Waals surface area (Å²) in [6, 6.07) is 6.56. The molecule has 19 heavy (non-hydrogen) atoms. The van der Waals surface area contributed by atoms with Crippen molar-refractivity contribution in [3.05, 3.63) is 48.0 Å². The van der Waals surface area contributed by atoms with E-state index in [1.807, 2.05) is 0 Å². The predicted molar refractivity (Wildman–Crippen MR) is 66.8 cm³/mol. The van der Waals surface area contributed by atoms with Gasteiger partial charge in [-0.15, -0.1) is 0 Å². The Bertz CT molecular complexity index is 617. The maximum Gasteiger partial charge on any atom is 0.278 e. The molecule has 0 saturated carbocycles. The molecule has 0 saturated heterocycles. The van der Waals surface area contributed by atoms with Crippen LogP contribution in [-0.2, 0) is 0 Å². The van der Waals surface area contributed by atoms with Crippen molar-refractivity contribution in [2.24, 2.45) is 0 Å². The quantitative estimate of drug-likeness (QED) is 0.889. The molecule has 2 N–H and O–H groups in total. The molecule has 98 valence electrons. The highest BCUT2D eigenvalue weighted by Crippen LogP contribution is 2.26. The molecule has 5 nitrogen and oxygen atoms in total. The first-order valence-electron chi connectivity index (χ1n) is 5.40. The Balaban J connectivity index is 2.27. The van der Waals surface area contributed by atoms with Crippen molar-refractivity contribution < 1.29 is 19.0 Å². The molecule has 0 fully saturated rings. The second kappa shape index (κ2) is 5.34. The average Bonchev–Trinajstić information content (AvgIpc) is 2.41. The van der Waals surface area contributed by atoms with E-state index in [9.17, 15) is 14.3 Å². The van der Waals surface area contributed by atoms with E-state index in [1.54, 1.807) is 0 Å². The molecular weight excluding hydrogens is 251 g/mol. The van der Waals surface area contributed by atoms with E-state index in [2.05, 4.69) is 10.3 Å². The summed E-state index contributed by atoms with van der Waals surface area (Å²) in [6.07, 6.45) is 1.39. The molecule has 0 atom stereocenters. The summed E-state index contributed by atoms with van der Waals surface area (Å²) in [5, 5.41) is 12.0. The van der Waals surface area contributed by atoms with Crippen LogP contribution in [0.3, 0.4) is 0 Å². The minimum absolute atomic E-state index is 0.117. The maximum absolute atomic E-state index is 13.0. The van der Waals surface area contributed by atoms with Crippen LogP contribution in [0.4, 0.5) is 10.1 Å². The normalized spacial score (nSPS) is 10.0.